The maximum atomic E-state index is 11.1. The molecule has 0 bridgehead atoms. The molecule has 5 heteroatoms. The van der Waals surface area contributed by atoms with Crippen LogP contribution >= 0.6 is 0 Å². The summed E-state index contributed by atoms with van der Waals surface area (Å²) < 4.78 is 0. The van der Waals surface area contributed by atoms with Gasteiger partial charge in [0.1, 0.15) is 5.82 Å². The zero-order valence-electron chi connectivity index (χ0n) is 7.00. The van der Waals surface area contributed by atoms with Crippen molar-refractivity contribution in [2.24, 2.45) is 0 Å². The van der Waals surface area contributed by atoms with Crippen LogP contribution in [0.25, 0.3) is 0 Å². The maximum Gasteiger partial charge on any atom is 0.239 e. The van der Waals surface area contributed by atoms with E-state index in [0.29, 0.717) is 12.4 Å². The van der Waals surface area contributed by atoms with E-state index in [1.54, 1.807) is 12.3 Å². The lowest BCUT2D eigenvalue weighted by molar-refractivity contribution is -0.115. The monoisotopic (exact) mass is 178 g/mol. The van der Waals surface area contributed by atoms with Crippen molar-refractivity contribution in [1.29, 1.82) is 0 Å². The molecule has 0 spiro atoms. The molecule has 1 aromatic heterocycles. The number of rotatable bonds is 4. The highest BCUT2D eigenvalue weighted by Crippen LogP contribution is 1.96. The molecule has 0 saturated carbocycles. The van der Waals surface area contributed by atoms with Gasteiger partial charge in [0.2, 0.25) is 5.91 Å². The third-order valence-electron chi connectivity index (χ3n) is 1.29. The summed E-state index contributed by atoms with van der Waals surface area (Å²) in [5.74, 6) is 2.79. The van der Waals surface area contributed by atoms with Crippen LogP contribution in [-0.2, 0) is 4.79 Å². The topological polar surface area (TPSA) is 69.8 Å². The maximum absolute atomic E-state index is 11.1. The average molecular weight is 178 g/mol. The Bertz CT molecular complexity index is 298. The van der Waals surface area contributed by atoms with Crippen molar-refractivity contribution in [3.63, 3.8) is 0 Å². The number of nitrogens with one attached hydrogen (secondary N) is 3. The number of H-pyrrole nitrogens is 1. The van der Waals surface area contributed by atoms with E-state index in [0.717, 1.165) is 0 Å². The quantitative estimate of drug-likeness (QED) is 0.433. The van der Waals surface area contributed by atoms with Gasteiger partial charge in [-0.3, -0.25) is 15.2 Å². The lowest BCUT2D eigenvalue weighted by Crippen LogP contribution is -2.28. The van der Waals surface area contributed by atoms with E-state index >= 15 is 0 Å². The minimum absolute atomic E-state index is 0.153. The summed E-state index contributed by atoms with van der Waals surface area (Å²) in [7, 11) is 0. The van der Waals surface area contributed by atoms with Crippen LogP contribution in [0.2, 0.25) is 0 Å². The first-order valence-corrected chi connectivity index (χ1v) is 3.76. The Morgan fingerprint density at radius 2 is 2.62 bits per heavy atom. The minimum atomic E-state index is -0.153. The second-order valence-electron chi connectivity index (χ2n) is 2.33. The number of hydrogen-bond acceptors (Lipinski definition) is 3. The van der Waals surface area contributed by atoms with Gasteiger partial charge in [0.15, 0.2) is 0 Å². The molecule has 5 nitrogen and oxygen atoms in total. The van der Waals surface area contributed by atoms with Crippen LogP contribution < -0.4 is 10.6 Å². The molecule has 68 valence electrons. The number of nitrogens with zero attached hydrogens (tertiary/aromatic N) is 1. The number of carbonyl (C=O) groups is 1. The summed E-state index contributed by atoms with van der Waals surface area (Å²) in [5, 5.41) is 11.6. The highest BCUT2D eigenvalue weighted by Gasteiger charge is 2.00. The largest absolute Gasteiger partial charge is 0.310 e. The Balaban J connectivity index is 2.23. The molecule has 1 rings (SSSR count). The van der Waals surface area contributed by atoms with E-state index in [1.165, 1.54) is 0 Å². The highest BCUT2D eigenvalue weighted by atomic mass is 16.2. The van der Waals surface area contributed by atoms with Gasteiger partial charge in [-0.25, -0.2) is 0 Å². The van der Waals surface area contributed by atoms with Crippen LogP contribution in [0.4, 0.5) is 5.82 Å². The van der Waals surface area contributed by atoms with E-state index < -0.39 is 0 Å². The van der Waals surface area contributed by atoms with Gasteiger partial charge in [-0.05, 0) is 0 Å². The molecule has 1 heterocycles. The first-order valence-electron chi connectivity index (χ1n) is 3.76. The third kappa shape index (κ3) is 3.40. The molecular formula is C8H10N4O. The van der Waals surface area contributed by atoms with Crippen LogP contribution in [0.5, 0.6) is 0 Å². The molecule has 0 aliphatic rings. The molecule has 0 atom stereocenters. The molecule has 0 radical (unpaired) electrons. The fourth-order valence-electron chi connectivity index (χ4n) is 0.768. The van der Waals surface area contributed by atoms with Gasteiger partial charge in [0.05, 0.1) is 19.3 Å². The van der Waals surface area contributed by atoms with Crippen LogP contribution in [0, 0.1) is 12.3 Å². The van der Waals surface area contributed by atoms with E-state index in [-0.39, 0.29) is 12.5 Å². The van der Waals surface area contributed by atoms with Crippen LogP contribution in [0.15, 0.2) is 12.3 Å². The van der Waals surface area contributed by atoms with Crippen molar-refractivity contribution < 1.29 is 4.79 Å². The van der Waals surface area contributed by atoms with E-state index in [4.69, 9.17) is 6.42 Å². The molecule has 0 unspecified atom stereocenters. The van der Waals surface area contributed by atoms with Crippen molar-refractivity contribution in [2.45, 2.75) is 0 Å². The van der Waals surface area contributed by atoms with Crippen LogP contribution in [0.3, 0.4) is 0 Å². The number of anilines is 1. The van der Waals surface area contributed by atoms with Crippen molar-refractivity contribution in [3.05, 3.63) is 12.3 Å². The zero-order valence-corrected chi connectivity index (χ0v) is 7.00. The molecule has 1 amide bonds. The molecule has 13 heavy (non-hydrogen) atoms. The molecular weight excluding hydrogens is 168 g/mol. The lowest BCUT2D eigenvalue weighted by atomic mass is 10.5. The predicted molar refractivity (Wildman–Crippen MR) is 48.9 cm³/mol. The molecule has 3 N–H and O–H groups in total. The first kappa shape index (κ1) is 9.29. The summed E-state index contributed by atoms with van der Waals surface area (Å²) in [6.45, 7) is 0.583. The highest BCUT2D eigenvalue weighted by molar-refractivity contribution is 5.91. The van der Waals surface area contributed by atoms with Crippen molar-refractivity contribution in [1.82, 2.24) is 15.5 Å². The summed E-state index contributed by atoms with van der Waals surface area (Å²) in [4.78, 5) is 11.1. The summed E-state index contributed by atoms with van der Waals surface area (Å²) in [5.41, 5.74) is 0. The zero-order chi connectivity index (χ0) is 9.52. The number of amides is 1. The fraction of sp³-hybridized carbons (Fsp3) is 0.250. The normalized spacial score (nSPS) is 9.15. The second-order valence-corrected chi connectivity index (χ2v) is 2.33. The van der Waals surface area contributed by atoms with Crippen LogP contribution in [-0.4, -0.2) is 29.2 Å². The van der Waals surface area contributed by atoms with E-state index in [1.807, 2.05) is 0 Å². The third-order valence-corrected chi connectivity index (χ3v) is 1.29. The molecule has 0 fully saturated rings. The van der Waals surface area contributed by atoms with Crippen molar-refractivity contribution in [3.8, 4) is 12.3 Å². The lowest BCUT2D eigenvalue weighted by Gasteiger charge is -2.01. The standard InChI is InChI=1S/C8H10N4O/c1-2-4-9-6-8(13)11-7-3-5-10-12-7/h1,3,5,9H,4,6H2,(H2,10,11,12,13). The van der Waals surface area contributed by atoms with Gasteiger partial charge >= 0.3 is 0 Å². The number of aromatic nitrogens is 2. The predicted octanol–water partition coefficient (Wildman–Crippen LogP) is -0.429. The first-order chi connectivity index (χ1) is 6.33. The van der Waals surface area contributed by atoms with Crippen molar-refractivity contribution >= 4 is 11.7 Å². The van der Waals surface area contributed by atoms with Gasteiger partial charge in [-0.2, -0.15) is 5.10 Å². The summed E-state index contributed by atoms with van der Waals surface area (Å²) >= 11 is 0. The Labute approximate surface area is 75.9 Å². The molecule has 0 aliphatic heterocycles. The molecule has 1 aromatic rings. The Morgan fingerprint density at radius 1 is 1.77 bits per heavy atom. The number of terminal acetylenes is 1. The molecule has 0 aromatic carbocycles. The summed E-state index contributed by atoms with van der Waals surface area (Å²) in [6.07, 6.45) is 6.55. The minimum Gasteiger partial charge on any atom is -0.310 e. The van der Waals surface area contributed by atoms with Gasteiger partial charge < -0.3 is 5.32 Å². The smallest absolute Gasteiger partial charge is 0.239 e. The molecule has 0 aliphatic carbocycles. The Hall–Kier alpha value is -1.80. The van der Waals surface area contributed by atoms with E-state index in [2.05, 4.69) is 26.8 Å². The van der Waals surface area contributed by atoms with Gasteiger partial charge in [0.25, 0.3) is 0 Å². The second kappa shape index (κ2) is 4.95. The average Bonchev–Trinajstić information content (AvgIpc) is 2.57. The van der Waals surface area contributed by atoms with E-state index in [9.17, 15) is 4.79 Å². The number of carbonyl (C=O) groups excluding carboxylic acids is 1. The Kier molecular flexibility index (Phi) is 3.54. The molecule has 0 saturated heterocycles. The fourth-order valence-corrected chi connectivity index (χ4v) is 0.768. The van der Waals surface area contributed by atoms with Gasteiger partial charge in [-0.15, -0.1) is 6.42 Å². The summed E-state index contributed by atoms with van der Waals surface area (Å²) in [6, 6.07) is 1.67. The van der Waals surface area contributed by atoms with Crippen molar-refractivity contribution in [2.75, 3.05) is 18.4 Å². The SMILES string of the molecule is C#CCNCC(=O)Nc1ccn[nH]1. The Morgan fingerprint density at radius 3 is 3.23 bits per heavy atom. The number of aromatic amines is 1. The van der Waals surface area contributed by atoms with Gasteiger partial charge in [-0.1, -0.05) is 5.92 Å². The number of hydrogen-bond donors (Lipinski definition) is 3. The van der Waals surface area contributed by atoms with Crippen LogP contribution in [0.1, 0.15) is 0 Å². The van der Waals surface area contributed by atoms with Gasteiger partial charge in [0, 0.05) is 6.07 Å².